The van der Waals surface area contributed by atoms with Gasteiger partial charge in [0, 0.05) is 28.2 Å². The van der Waals surface area contributed by atoms with Gasteiger partial charge in [-0.3, -0.25) is 9.36 Å². The summed E-state index contributed by atoms with van der Waals surface area (Å²) in [7, 11) is 0. The number of esters is 1. The summed E-state index contributed by atoms with van der Waals surface area (Å²) in [4.78, 5) is 9.00. The van der Waals surface area contributed by atoms with E-state index in [0.717, 1.165) is 6.42 Å². The summed E-state index contributed by atoms with van der Waals surface area (Å²) < 4.78 is 16.9. The Morgan fingerprint density at radius 2 is 2.00 bits per heavy atom. The van der Waals surface area contributed by atoms with E-state index in [-0.39, 0.29) is 12.1 Å². The molecular weight excluding hydrogens is 328 g/mol. The number of rotatable bonds is 6. The molecule has 0 radical (unpaired) electrons. The average molecular weight is 347 g/mol. The lowest BCUT2D eigenvalue weighted by Gasteiger charge is -2.18. The highest BCUT2D eigenvalue weighted by Gasteiger charge is 2.24. The Kier molecular flexibility index (Phi) is 7.04. The normalized spacial score (nSPS) is 17.2. The first kappa shape index (κ1) is 15.4. The van der Waals surface area contributed by atoms with Crippen LogP contribution in [0, 0.1) is 0 Å². The first-order valence-electron chi connectivity index (χ1n) is 5.05. The van der Waals surface area contributed by atoms with Crippen molar-refractivity contribution >= 4 is 32.9 Å². The summed E-state index contributed by atoms with van der Waals surface area (Å²) >= 11 is 1.89. The number of halogens is 1. The number of nitrogens with one attached hydrogen (secondary N) is 1. The van der Waals surface area contributed by atoms with Crippen LogP contribution in [-0.4, -0.2) is 24.3 Å². The lowest BCUT2D eigenvalue weighted by Crippen LogP contribution is -2.34. The minimum Gasteiger partial charge on any atom is -0.462 e. The third-order valence-electron chi connectivity index (χ3n) is 1.60. The SMILES string of the molecule is CCCP(=O)(I)NC(C)C(=O)OC(C)C. The standard InChI is InChI=1S/C9H19INO3P/c1-5-6-15(10,13)11-8(4)9(12)14-7(2)3/h7-8H,5-6H2,1-4H3,(H,11,13). The van der Waals surface area contributed by atoms with Crippen LogP contribution in [0.15, 0.2) is 0 Å². The van der Waals surface area contributed by atoms with Gasteiger partial charge in [0.2, 0.25) is 4.94 Å². The molecule has 4 nitrogen and oxygen atoms in total. The van der Waals surface area contributed by atoms with Gasteiger partial charge in [-0.15, -0.1) is 0 Å². The van der Waals surface area contributed by atoms with Crippen LogP contribution in [0.4, 0.5) is 0 Å². The summed E-state index contributed by atoms with van der Waals surface area (Å²) in [6.07, 6.45) is 1.29. The molecule has 0 spiro atoms. The van der Waals surface area contributed by atoms with Gasteiger partial charge < -0.3 is 4.74 Å². The molecule has 15 heavy (non-hydrogen) atoms. The highest BCUT2D eigenvalue weighted by Crippen LogP contribution is 2.51. The molecule has 6 heteroatoms. The number of hydrogen-bond acceptors (Lipinski definition) is 3. The Morgan fingerprint density at radius 3 is 2.40 bits per heavy atom. The molecule has 0 aliphatic rings. The van der Waals surface area contributed by atoms with Crippen LogP contribution in [0.1, 0.15) is 34.1 Å². The second-order valence-corrected chi connectivity index (χ2v) is 10.4. The van der Waals surface area contributed by atoms with E-state index in [2.05, 4.69) is 5.09 Å². The van der Waals surface area contributed by atoms with Crippen molar-refractivity contribution in [2.45, 2.75) is 46.3 Å². The minimum atomic E-state index is -2.43. The molecule has 0 aliphatic carbocycles. The molecule has 1 N–H and O–H groups in total. The molecular formula is C9H19INO3P. The van der Waals surface area contributed by atoms with E-state index in [1.165, 1.54) is 0 Å². The average Bonchev–Trinajstić information content (AvgIpc) is 2.01. The van der Waals surface area contributed by atoms with Crippen molar-refractivity contribution in [2.75, 3.05) is 6.16 Å². The molecule has 0 heterocycles. The van der Waals surface area contributed by atoms with Gasteiger partial charge in [-0.05, 0) is 27.2 Å². The molecule has 0 rings (SSSR count). The first-order chi connectivity index (χ1) is 6.78. The van der Waals surface area contributed by atoms with E-state index in [1.54, 1.807) is 20.8 Å². The molecule has 0 aromatic heterocycles. The van der Waals surface area contributed by atoms with Gasteiger partial charge in [0.1, 0.15) is 6.04 Å². The van der Waals surface area contributed by atoms with Crippen LogP contribution in [0.3, 0.4) is 0 Å². The summed E-state index contributed by atoms with van der Waals surface area (Å²) in [5.41, 5.74) is 0. The van der Waals surface area contributed by atoms with Crippen molar-refractivity contribution < 1.29 is 14.1 Å². The summed E-state index contributed by atoms with van der Waals surface area (Å²) in [5, 5.41) is 2.83. The number of ether oxygens (including phenoxy) is 1. The predicted octanol–water partition coefficient (Wildman–Crippen LogP) is 2.95. The van der Waals surface area contributed by atoms with Gasteiger partial charge in [-0.2, -0.15) is 0 Å². The first-order valence-corrected chi connectivity index (χ1v) is 9.73. The Labute approximate surface area is 104 Å². The number of hydrogen-bond donors (Lipinski definition) is 1. The maximum absolute atomic E-state index is 11.9. The molecule has 90 valence electrons. The van der Waals surface area contributed by atoms with E-state index in [9.17, 15) is 9.36 Å². The molecule has 0 fully saturated rings. The van der Waals surface area contributed by atoms with Crippen molar-refractivity contribution in [3.05, 3.63) is 0 Å². The number of carbonyl (C=O) groups is 1. The summed E-state index contributed by atoms with van der Waals surface area (Å²) in [6.45, 7) is 7.22. The van der Waals surface area contributed by atoms with Gasteiger partial charge in [0.15, 0.2) is 0 Å². The van der Waals surface area contributed by atoms with Gasteiger partial charge >= 0.3 is 5.97 Å². The number of carbonyl (C=O) groups excluding carboxylic acids is 1. The van der Waals surface area contributed by atoms with E-state index >= 15 is 0 Å². The lowest BCUT2D eigenvalue weighted by atomic mass is 10.4. The highest BCUT2D eigenvalue weighted by atomic mass is 127. The van der Waals surface area contributed by atoms with Crippen molar-refractivity contribution in [3.63, 3.8) is 0 Å². The van der Waals surface area contributed by atoms with Crippen molar-refractivity contribution in [1.82, 2.24) is 5.09 Å². The zero-order chi connectivity index (χ0) is 12.1. The lowest BCUT2D eigenvalue weighted by molar-refractivity contribution is -0.148. The smallest absolute Gasteiger partial charge is 0.323 e. The Bertz CT molecular complexity index is 258. The predicted molar refractivity (Wildman–Crippen MR) is 70.6 cm³/mol. The third-order valence-corrected chi connectivity index (χ3v) is 5.68. The van der Waals surface area contributed by atoms with Gasteiger partial charge in [-0.1, -0.05) is 6.92 Å². The second-order valence-electron chi connectivity index (χ2n) is 3.71. The van der Waals surface area contributed by atoms with Gasteiger partial charge in [0.25, 0.3) is 0 Å². The van der Waals surface area contributed by atoms with Crippen LogP contribution >= 0.6 is 27.0 Å². The Hall–Kier alpha value is 0.390. The Morgan fingerprint density at radius 1 is 1.47 bits per heavy atom. The fraction of sp³-hybridized carbons (Fsp3) is 0.889. The summed E-state index contributed by atoms with van der Waals surface area (Å²) in [5.74, 6) is -0.349. The largest absolute Gasteiger partial charge is 0.462 e. The highest BCUT2D eigenvalue weighted by molar-refractivity contribution is 14.2. The fourth-order valence-corrected chi connectivity index (χ4v) is 5.12. The van der Waals surface area contributed by atoms with E-state index in [4.69, 9.17) is 4.74 Å². The van der Waals surface area contributed by atoms with Crippen molar-refractivity contribution in [1.29, 1.82) is 0 Å². The molecule has 0 aromatic rings. The maximum Gasteiger partial charge on any atom is 0.323 e. The van der Waals surface area contributed by atoms with E-state index in [0.29, 0.717) is 6.16 Å². The molecule has 0 amide bonds. The van der Waals surface area contributed by atoms with Crippen LogP contribution in [0.5, 0.6) is 0 Å². The Balaban J connectivity index is 4.17. The molecule has 0 bridgehead atoms. The molecule has 0 aromatic carbocycles. The second kappa shape index (κ2) is 6.86. The monoisotopic (exact) mass is 347 g/mol. The molecule has 2 unspecified atom stereocenters. The molecule has 0 aliphatic heterocycles. The van der Waals surface area contributed by atoms with Gasteiger partial charge in [-0.25, -0.2) is 5.09 Å². The topological polar surface area (TPSA) is 55.4 Å². The fourth-order valence-electron chi connectivity index (χ4n) is 1.03. The van der Waals surface area contributed by atoms with Gasteiger partial charge in [0.05, 0.1) is 6.10 Å². The zero-order valence-corrected chi connectivity index (χ0v) is 12.7. The molecule has 0 saturated heterocycles. The van der Waals surface area contributed by atoms with E-state index in [1.807, 2.05) is 29.0 Å². The van der Waals surface area contributed by atoms with Crippen LogP contribution in [0.2, 0.25) is 0 Å². The van der Waals surface area contributed by atoms with Crippen LogP contribution in [0.25, 0.3) is 0 Å². The van der Waals surface area contributed by atoms with E-state index < -0.39 is 11.0 Å². The quantitative estimate of drug-likeness (QED) is 0.456. The molecule has 0 saturated carbocycles. The maximum atomic E-state index is 11.9. The van der Waals surface area contributed by atoms with Crippen molar-refractivity contribution in [2.24, 2.45) is 0 Å². The van der Waals surface area contributed by atoms with Crippen molar-refractivity contribution in [3.8, 4) is 0 Å². The van der Waals surface area contributed by atoms with Crippen LogP contribution in [-0.2, 0) is 14.1 Å². The minimum absolute atomic E-state index is 0.137. The third kappa shape index (κ3) is 7.30. The molecule has 2 atom stereocenters. The zero-order valence-electron chi connectivity index (χ0n) is 9.62. The summed E-state index contributed by atoms with van der Waals surface area (Å²) in [6, 6.07) is -0.512. The van der Waals surface area contributed by atoms with Crippen LogP contribution < -0.4 is 5.09 Å².